The first-order valence-corrected chi connectivity index (χ1v) is 9.57. The van der Waals surface area contributed by atoms with Crippen molar-refractivity contribution >= 4 is 29.3 Å². The molecule has 9 heteroatoms. The van der Waals surface area contributed by atoms with Gasteiger partial charge in [0, 0.05) is 17.7 Å². The monoisotopic (exact) mass is 432 g/mol. The zero-order valence-corrected chi connectivity index (χ0v) is 17.4. The van der Waals surface area contributed by atoms with Crippen LogP contribution in [0.1, 0.15) is 34.4 Å². The van der Waals surface area contributed by atoms with E-state index in [4.69, 9.17) is 4.42 Å². The Labute approximate surface area is 183 Å². The number of nitro benzene ring substituents is 1. The quantitative estimate of drug-likeness (QED) is 0.254. The molecule has 2 aromatic carbocycles. The molecule has 2 N–H and O–H groups in total. The van der Waals surface area contributed by atoms with Crippen molar-refractivity contribution in [3.05, 3.63) is 105 Å². The molecular weight excluding hydrogens is 412 g/mol. The van der Waals surface area contributed by atoms with E-state index in [0.29, 0.717) is 28.4 Å². The lowest BCUT2D eigenvalue weighted by Crippen LogP contribution is -2.33. The summed E-state index contributed by atoms with van der Waals surface area (Å²) >= 11 is 0. The topological polar surface area (TPSA) is 127 Å². The van der Waals surface area contributed by atoms with Gasteiger partial charge in [-0.3, -0.25) is 19.7 Å². The number of carbonyl (C=O) groups is 2. The maximum atomic E-state index is 12.8. The first kappa shape index (κ1) is 22.2. The Morgan fingerprint density at radius 3 is 2.31 bits per heavy atom. The van der Waals surface area contributed by atoms with E-state index in [9.17, 15) is 19.7 Å². The van der Waals surface area contributed by atoms with Gasteiger partial charge in [0.1, 0.15) is 22.9 Å². The predicted molar refractivity (Wildman–Crippen MR) is 119 cm³/mol. The number of hydrogen-bond acceptors (Lipinski definition) is 6. The molecule has 1 aromatic heterocycles. The molecule has 2 amide bonds. The first-order chi connectivity index (χ1) is 15.3. The highest BCUT2D eigenvalue weighted by Gasteiger charge is 2.15. The minimum atomic E-state index is -0.671. The van der Waals surface area contributed by atoms with Gasteiger partial charge in [-0.2, -0.15) is 5.10 Å². The average Bonchev–Trinajstić information content (AvgIpc) is 3.24. The molecule has 0 atom stereocenters. The molecule has 0 saturated heterocycles. The van der Waals surface area contributed by atoms with Crippen molar-refractivity contribution < 1.29 is 18.9 Å². The van der Waals surface area contributed by atoms with Crippen molar-refractivity contribution in [3.63, 3.8) is 0 Å². The van der Waals surface area contributed by atoms with Gasteiger partial charge in [0.15, 0.2) is 0 Å². The summed E-state index contributed by atoms with van der Waals surface area (Å²) in [6, 6.07) is 17.5. The standard InChI is InChI=1S/C23H20N4O5/c1-15-8-13-21(32-15)16(2)25-26-23(29)20(24-22(28)18-6-4-3-5-7-18)14-17-9-11-19(12-10-17)27(30)31/h3-14H,1-2H3,(H,24,28)(H,26,29)/b20-14+,25-16?. The molecule has 0 aliphatic carbocycles. The normalized spacial score (nSPS) is 11.7. The molecule has 0 bridgehead atoms. The molecule has 0 fully saturated rings. The fourth-order valence-electron chi connectivity index (χ4n) is 2.68. The Hall–Kier alpha value is -4.53. The molecular formula is C23H20N4O5. The summed E-state index contributed by atoms with van der Waals surface area (Å²) in [7, 11) is 0. The summed E-state index contributed by atoms with van der Waals surface area (Å²) in [5.74, 6) is 0.0401. The third-order valence-electron chi connectivity index (χ3n) is 4.37. The Morgan fingerprint density at radius 2 is 1.72 bits per heavy atom. The lowest BCUT2D eigenvalue weighted by molar-refractivity contribution is -0.384. The van der Waals surface area contributed by atoms with Gasteiger partial charge in [0.2, 0.25) is 0 Å². The third-order valence-corrected chi connectivity index (χ3v) is 4.37. The largest absolute Gasteiger partial charge is 0.460 e. The van der Waals surface area contributed by atoms with E-state index < -0.39 is 16.7 Å². The Balaban J connectivity index is 1.85. The van der Waals surface area contributed by atoms with Crippen molar-refractivity contribution in [1.82, 2.24) is 10.7 Å². The van der Waals surface area contributed by atoms with Crippen molar-refractivity contribution in [1.29, 1.82) is 0 Å². The number of nitro groups is 1. The van der Waals surface area contributed by atoms with Gasteiger partial charge in [-0.25, -0.2) is 5.43 Å². The fraction of sp³-hybridized carbons (Fsp3) is 0.0870. The number of nitrogens with one attached hydrogen (secondary N) is 2. The Kier molecular flexibility index (Phi) is 6.92. The second-order valence-corrected chi connectivity index (χ2v) is 6.78. The van der Waals surface area contributed by atoms with E-state index in [2.05, 4.69) is 15.8 Å². The summed E-state index contributed by atoms with van der Waals surface area (Å²) in [6.07, 6.45) is 1.40. The van der Waals surface area contributed by atoms with Gasteiger partial charge in [0.05, 0.1) is 4.92 Å². The van der Waals surface area contributed by atoms with Crippen LogP contribution in [0.15, 0.2) is 81.9 Å². The van der Waals surface area contributed by atoms with Crippen LogP contribution in [0.3, 0.4) is 0 Å². The molecule has 32 heavy (non-hydrogen) atoms. The molecule has 0 saturated carbocycles. The van der Waals surface area contributed by atoms with Crippen LogP contribution in [0.2, 0.25) is 0 Å². The number of amides is 2. The van der Waals surface area contributed by atoms with Crippen LogP contribution in [-0.2, 0) is 4.79 Å². The van der Waals surface area contributed by atoms with E-state index in [-0.39, 0.29) is 11.4 Å². The summed E-state index contributed by atoms with van der Waals surface area (Å²) in [4.78, 5) is 35.7. The van der Waals surface area contributed by atoms with Crippen LogP contribution < -0.4 is 10.7 Å². The highest BCUT2D eigenvalue weighted by atomic mass is 16.6. The van der Waals surface area contributed by atoms with Crippen LogP contribution in [-0.4, -0.2) is 22.4 Å². The van der Waals surface area contributed by atoms with Crippen LogP contribution in [0.25, 0.3) is 6.08 Å². The van der Waals surface area contributed by atoms with E-state index in [1.807, 2.05) is 0 Å². The van der Waals surface area contributed by atoms with Crippen molar-refractivity contribution in [2.45, 2.75) is 13.8 Å². The number of benzene rings is 2. The molecule has 3 rings (SSSR count). The van der Waals surface area contributed by atoms with Crippen molar-refractivity contribution in [2.24, 2.45) is 5.10 Å². The van der Waals surface area contributed by atoms with Gasteiger partial charge in [-0.05, 0) is 61.9 Å². The molecule has 0 aliphatic rings. The Morgan fingerprint density at radius 1 is 1.03 bits per heavy atom. The van der Waals surface area contributed by atoms with E-state index >= 15 is 0 Å². The summed E-state index contributed by atoms with van der Waals surface area (Å²) in [5.41, 5.74) is 3.51. The maximum absolute atomic E-state index is 12.8. The SMILES string of the molecule is CC(=NNC(=O)/C(=C\c1ccc([N+](=O)[O-])cc1)NC(=O)c1ccccc1)c1ccc(C)o1. The highest BCUT2D eigenvalue weighted by molar-refractivity contribution is 6.06. The zero-order chi connectivity index (χ0) is 23.1. The second-order valence-electron chi connectivity index (χ2n) is 6.78. The van der Waals surface area contributed by atoms with Crippen LogP contribution in [0, 0.1) is 17.0 Å². The summed E-state index contributed by atoms with van der Waals surface area (Å²) in [5, 5.41) is 17.5. The average molecular weight is 432 g/mol. The number of nitrogens with zero attached hydrogens (tertiary/aromatic N) is 2. The molecule has 0 unspecified atom stereocenters. The number of hydrazone groups is 1. The van der Waals surface area contributed by atoms with Crippen molar-refractivity contribution in [3.8, 4) is 0 Å². The number of aryl methyl sites for hydroxylation is 1. The van der Waals surface area contributed by atoms with Gasteiger partial charge < -0.3 is 9.73 Å². The van der Waals surface area contributed by atoms with Crippen LogP contribution in [0.5, 0.6) is 0 Å². The number of hydrogen-bond donors (Lipinski definition) is 2. The predicted octanol–water partition coefficient (Wildman–Crippen LogP) is 3.81. The fourth-order valence-corrected chi connectivity index (χ4v) is 2.68. The molecule has 3 aromatic rings. The number of non-ortho nitro benzene ring substituents is 1. The highest BCUT2D eigenvalue weighted by Crippen LogP contribution is 2.14. The maximum Gasteiger partial charge on any atom is 0.287 e. The van der Waals surface area contributed by atoms with Gasteiger partial charge in [0.25, 0.3) is 17.5 Å². The summed E-state index contributed by atoms with van der Waals surface area (Å²) in [6.45, 7) is 3.46. The van der Waals surface area contributed by atoms with Crippen molar-refractivity contribution in [2.75, 3.05) is 0 Å². The van der Waals surface area contributed by atoms with E-state index in [1.54, 1.807) is 56.3 Å². The number of rotatable bonds is 7. The van der Waals surface area contributed by atoms with Gasteiger partial charge in [-0.1, -0.05) is 18.2 Å². The van der Waals surface area contributed by atoms with E-state index in [1.165, 1.54) is 30.3 Å². The van der Waals surface area contributed by atoms with Gasteiger partial charge >= 0.3 is 0 Å². The minimum Gasteiger partial charge on any atom is -0.460 e. The molecule has 0 spiro atoms. The second kappa shape index (κ2) is 9.98. The smallest absolute Gasteiger partial charge is 0.287 e. The van der Waals surface area contributed by atoms with Gasteiger partial charge in [-0.15, -0.1) is 0 Å². The van der Waals surface area contributed by atoms with Crippen LogP contribution in [0.4, 0.5) is 5.69 Å². The number of furan rings is 1. The summed E-state index contributed by atoms with van der Waals surface area (Å²) < 4.78 is 5.47. The molecule has 0 aliphatic heterocycles. The lowest BCUT2D eigenvalue weighted by Gasteiger charge is -2.09. The zero-order valence-electron chi connectivity index (χ0n) is 17.4. The number of carbonyl (C=O) groups excluding carboxylic acids is 2. The molecule has 162 valence electrons. The molecule has 1 heterocycles. The first-order valence-electron chi connectivity index (χ1n) is 9.57. The minimum absolute atomic E-state index is 0.0834. The third kappa shape index (κ3) is 5.76. The lowest BCUT2D eigenvalue weighted by atomic mass is 10.1. The molecule has 0 radical (unpaired) electrons. The van der Waals surface area contributed by atoms with Crippen LogP contribution >= 0.6 is 0 Å². The Bertz CT molecular complexity index is 1190. The van der Waals surface area contributed by atoms with E-state index in [0.717, 1.165) is 0 Å². The molecule has 9 nitrogen and oxygen atoms in total.